The highest BCUT2D eigenvalue weighted by molar-refractivity contribution is 5.68. The Morgan fingerprint density at radius 2 is 2.08 bits per heavy atom. The third-order valence-electron chi connectivity index (χ3n) is 3.80. The van der Waals surface area contributed by atoms with Gasteiger partial charge in [-0.15, -0.1) is 0 Å². The van der Waals surface area contributed by atoms with Crippen LogP contribution in [0.5, 0.6) is 0 Å². The molecule has 8 nitrogen and oxygen atoms in total. The zero-order valence-corrected chi connectivity index (χ0v) is 14.3. The summed E-state index contributed by atoms with van der Waals surface area (Å²) >= 11 is 0. The van der Waals surface area contributed by atoms with Gasteiger partial charge in [-0.05, 0) is 45.6 Å². The van der Waals surface area contributed by atoms with E-state index in [9.17, 15) is 14.9 Å². The average molecular weight is 336 g/mol. The van der Waals surface area contributed by atoms with Crippen molar-refractivity contribution < 1.29 is 14.5 Å². The van der Waals surface area contributed by atoms with Crippen molar-refractivity contribution in [2.24, 2.45) is 5.92 Å². The first-order valence-corrected chi connectivity index (χ1v) is 8.07. The molecule has 0 aromatic carbocycles. The highest BCUT2D eigenvalue weighted by Gasteiger charge is 2.26. The number of ether oxygens (including phenoxy) is 1. The van der Waals surface area contributed by atoms with Crippen molar-refractivity contribution in [1.82, 2.24) is 9.88 Å². The molecule has 1 saturated heterocycles. The predicted molar refractivity (Wildman–Crippen MR) is 89.9 cm³/mol. The van der Waals surface area contributed by atoms with Gasteiger partial charge in [-0.3, -0.25) is 10.1 Å². The Morgan fingerprint density at radius 3 is 2.58 bits per heavy atom. The van der Waals surface area contributed by atoms with Gasteiger partial charge in [-0.25, -0.2) is 9.78 Å². The van der Waals surface area contributed by atoms with E-state index in [4.69, 9.17) is 4.74 Å². The Balaban J connectivity index is 1.75. The summed E-state index contributed by atoms with van der Waals surface area (Å²) < 4.78 is 5.38. The van der Waals surface area contributed by atoms with Crippen LogP contribution in [0.4, 0.5) is 16.3 Å². The number of aromatic nitrogens is 1. The number of hydrogen-bond donors (Lipinski definition) is 1. The predicted octanol–water partition coefficient (Wildman–Crippen LogP) is 3.05. The highest BCUT2D eigenvalue weighted by atomic mass is 16.6. The molecule has 0 aliphatic carbocycles. The van der Waals surface area contributed by atoms with Crippen LogP contribution < -0.4 is 5.32 Å². The van der Waals surface area contributed by atoms with Gasteiger partial charge < -0.3 is 15.0 Å². The van der Waals surface area contributed by atoms with Crippen LogP contribution in [0, 0.1) is 16.0 Å². The summed E-state index contributed by atoms with van der Waals surface area (Å²) in [4.78, 5) is 27.9. The summed E-state index contributed by atoms with van der Waals surface area (Å²) in [5.41, 5.74) is -0.497. The van der Waals surface area contributed by atoms with Gasteiger partial charge >= 0.3 is 6.09 Å². The lowest BCUT2D eigenvalue weighted by Crippen LogP contribution is -2.42. The fourth-order valence-corrected chi connectivity index (χ4v) is 2.49. The topological polar surface area (TPSA) is 97.6 Å². The minimum Gasteiger partial charge on any atom is -0.444 e. The van der Waals surface area contributed by atoms with Crippen molar-refractivity contribution in [2.75, 3.05) is 25.0 Å². The quantitative estimate of drug-likeness (QED) is 0.670. The number of pyridine rings is 1. The van der Waals surface area contributed by atoms with Gasteiger partial charge in [0.25, 0.3) is 5.69 Å². The number of rotatable bonds is 4. The van der Waals surface area contributed by atoms with Gasteiger partial charge in [0.2, 0.25) is 0 Å². The summed E-state index contributed by atoms with van der Waals surface area (Å²) in [6.45, 7) is 7.66. The number of likely N-dealkylation sites (tertiary alicyclic amines) is 1. The number of amides is 1. The fourth-order valence-electron chi connectivity index (χ4n) is 2.49. The molecule has 0 saturated carbocycles. The Hall–Kier alpha value is -2.38. The smallest absolute Gasteiger partial charge is 0.410 e. The molecule has 1 N–H and O–H groups in total. The maximum Gasteiger partial charge on any atom is 0.410 e. The van der Waals surface area contributed by atoms with Crippen molar-refractivity contribution in [3.05, 3.63) is 28.4 Å². The van der Waals surface area contributed by atoms with E-state index < -0.39 is 10.5 Å². The number of nitrogens with zero attached hydrogens (tertiary/aromatic N) is 3. The lowest BCUT2D eigenvalue weighted by molar-refractivity contribution is -0.385. The minimum atomic E-state index is -0.475. The Bertz CT molecular complexity index is 575. The van der Waals surface area contributed by atoms with Crippen molar-refractivity contribution in [3.8, 4) is 0 Å². The van der Waals surface area contributed by atoms with Crippen LogP contribution in [-0.4, -0.2) is 46.1 Å². The zero-order valence-electron chi connectivity index (χ0n) is 14.3. The lowest BCUT2D eigenvalue weighted by atomic mass is 9.97. The molecule has 8 heteroatoms. The van der Waals surface area contributed by atoms with Crippen LogP contribution in [0.15, 0.2) is 18.3 Å². The number of nitrogens with one attached hydrogen (secondary N) is 1. The van der Waals surface area contributed by atoms with Crippen LogP contribution in [0.1, 0.15) is 33.6 Å². The van der Waals surface area contributed by atoms with E-state index in [0.717, 1.165) is 19.4 Å². The first-order chi connectivity index (χ1) is 11.2. The molecule has 1 fully saturated rings. The summed E-state index contributed by atoms with van der Waals surface area (Å²) in [6.07, 6.45) is 2.76. The number of anilines is 1. The minimum absolute atomic E-state index is 0.0220. The van der Waals surface area contributed by atoms with E-state index in [1.807, 2.05) is 20.8 Å². The molecule has 2 rings (SSSR count). The summed E-state index contributed by atoms with van der Waals surface area (Å²) in [7, 11) is 0. The highest BCUT2D eigenvalue weighted by Crippen LogP contribution is 2.20. The molecule has 1 amide bonds. The maximum absolute atomic E-state index is 12.0. The third-order valence-corrected chi connectivity index (χ3v) is 3.80. The third kappa shape index (κ3) is 5.36. The van der Waals surface area contributed by atoms with Crippen LogP contribution in [-0.2, 0) is 4.74 Å². The van der Waals surface area contributed by atoms with Crippen molar-refractivity contribution in [1.29, 1.82) is 0 Å². The van der Waals surface area contributed by atoms with Crippen molar-refractivity contribution in [3.63, 3.8) is 0 Å². The largest absolute Gasteiger partial charge is 0.444 e. The molecule has 1 aromatic heterocycles. The van der Waals surface area contributed by atoms with E-state index in [-0.39, 0.29) is 11.8 Å². The number of carbonyl (C=O) groups excluding carboxylic acids is 1. The number of hydrogen-bond acceptors (Lipinski definition) is 6. The van der Waals surface area contributed by atoms with Gasteiger partial charge in [0.1, 0.15) is 17.6 Å². The van der Waals surface area contributed by atoms with Gasteiger partial charge in [0.15, 0.2) is 0 Å². The standard InChI is InChI=1S/C16H24N4O4/c1-16(2,3)24-15(21)19-8-6-12(7-9-19)10-17-14-5-4-13(11-18-14)20(22)23/h4-5,11-12H,6-10H2,1-3H3,(H,17,18). The molecule has 132 valence electrons. The molecule has 24 heavy (non-hydrogen) atoms. The maximum atomic E-state index is 12.0. The van der Waals surface area contributed by atoms with Gasteiger partial charge in [-0.1, -0.05) is 0 Å². The van der Waals surface area contributed by atoms with Gasteiger partial charge in [0, 0.05) is 25.7 Å². The van der Waals surface area contributed by atoms with E-state index in [1.54, 1.807) is 11.0 Å². The van der Waals surface area contributed by atoms with Gasteiger partial charge in [0.05, 0.1) is 4.92 Å². The molecule has 2 heterocycles. The molecule has 0 unspecified atom stereocenters. The number of carbonyl (C=O) groups is 1. The molecular formula is C16H24N4O4. The normalized spacial score (nSPS) is 15.9. The summed E-state index contributed by atoms with van der Waals surface area (Å²) in [5.74, 6) is 1.05. The van der Waals surface area contributed by atoms with Crippen LogP contribution in [0.2, 0.25) is 0 Å². The van der Waals surface area contributed by atoms with Gasteiger partial charge in [-0.2, -0.15) is 0 Å². The Morgan fingerprint density at radius 1 is 1.42 bits per heavy atom. The molecule has 0 bridgehead atoms. The monoisotopic (exact) mass is 336 g/mol. The second-order valence-electron chi connectivity index (χ2n) is 6.95. The van der Waals surface area contributed by atoms with E-state index >= 15 is 0 Å². The molecule has 1 aliphatic rings. The number of nitro groups is 1. The molecule has 0 atom stereocenters. The SMILES string of the molecule is CC(C)(C)OC(=O)N1CCC(CNc2ccc([N+](=O)[O-])cn2)CC1. The van der Waals surface area contributed by atoms with Crippen LogP contribution in [0.25, 0.3) is 0 Å². The molecule has 1 aromatic rings. The van der Waals surface area contributed by atoms with Crippen molar-refractivity contribution in [2.45, 2.75) is 39.2 Å². The zero-order chi connectivity index (χ0) is 17.7. The van der Waals surface area contributed by atoms with Crippen LogP contribution >= 0.6 is 0 Å². The number of piperidine rings is 1. The lowest BCUT2D eigenvalue weighted by Gasteiger charge is -2.33. The molecule has 0 radical (unpaired) electrons. The van der Waals surface area contributed by atoms with E-state index in [0.29, 0.717) is 24.8 Å². The van der Waals surface area contributed by atoms with E-state index in [1.165, 1.54) is 12.3 Å². The van der Waals surface area contributed by atoms with Crippen molar-refractivity contribution >= 4 is 17.6 Å². The second kappa shape index (κ2) is 7.46. The summed E-state index contributed by atoms with van der Waals surface area (Å²) in [6, 6.07) is 3.04. The van der Waals surface area contributed by atoms with E-state index in [2.05, 4.69) is 10.3 Å². The first kappa shape index (κ1) is 18.0. The molecule has 1 aliphatic heterocycles. The molecule has 0 spiro atoms. The second-order valence-corrected chi connectivity index (χ2v) is 6.95. The Labute approximate surface area is 141 Å². The van der Waals surface area contributed by atoms with Crippen LogP contribution in [0.3, 0.4) is 0 Å². The molecular weight excluding hydrogens is 312 g/mol. The average Bonchev–Trinajstić information content (AvgIpc) is 2.52. The summed E-state index contributed by atoms with van der Waals surface area (Å²) in [5, 5.41) is 13.8. The Kier molecular flexibility index (Phi) is 5.58. The first-order valence-electron chi connectivity index (χ1n) is 8.07. The fraction of sp³-hybridized carbons (Fsp3) is 0.625.